The molecule has 0 radical (unpaired) electrons. The molecule has 0 spiro atoms. The first-order chi connectivity index (χ1) is 13.7. The van der Waals surface area contributed by atoms with Crippen LogP contribution in [0.15, 0.2) is 60.9 Å². The second-order valence-corrected chi connectivity index (χ2v) is 6.02. The maximum atomic E-state index is 12.4. The lowest BCUT2D eigenvalue weighted by Crippen LogP contribution is -2.24. The number of carbonyl (C=O) groups excluding carboxylic acids is 1. The van der Waals surface area contributed by atoms with Crippen molar-refractivity contribution in [3.63, 3.8) is 0 Å². The van der Waals surface area contributed by atoms with Gasteiger partial charge in [0.2, 0.25) is 0 Å². The number of carbonyl (C=O) groups is 1. The van der Waals surface area contributed by atoms with Crippen LogP contribution in [0.1, 0.15) is 21.6 Å². The summed E-state index contributed by atoms with van der Waals surface area (Å²) in [6.07, 6.45) is 1.37. The fourth-order valence-corrected chi connectivity index (χ4v) is 2.53. The molecule has 0 unspecified atom stereocenters. The van der Waals surface area contributed by atoms with Crippen LogP contribution in [0.2, 0.25) is 0 Å². The van der Waals surface area contributed by atoms with Crippen molar-refractivity contribution in [1.29, 1.82) is 0 Å². The van der Waals surface area contributed by atoms with Gasteiger partial charge in [-0.05, 0) is 35.4 Å². The topological polar surface area (TPSA) is 85.4 Å². The third-order valence-electron chi connectivity index (χ3n) is 4.14. The zero-order valence-electron chi connectivity index (χ0n) is 15.8. The predicted octanol–water partition coefficient (Wildman–Crippen LogP) is 3.04. The molecule has 144 valence electrons. The summed E-state index contributed by atoms with van der Waals surface area (Å²) in [6, 6.07) is 16.9. The molecule has 2 aromatic carbocycles. The molecule has 0 saturated carbocycles. The van der Waals surface area contributed by atoms with E-state index in [0.29, 0.717) is 24.6 Å². The summed E-state index contributed by atoms with van der Waals surface area (Å²) in [5.41, 5.74) is 2.35. The van der Waals surface area contributed by atoms with Gasteiger partial charge in [0.15, 0.2) is 0 Å². The summed E-state index contributed by atoms with van der Waals surface area (Å²) in [6.45, 7) is 0.982. The van der Waals surface area contributed by atoms with Gasteiger partial charge in [-0.25, -0.2) is 9.97 Å². The van der Waals surface area contributed by atoms with Crippen LogP contribution in [-0.2, 0) is 13.1 Å². The van der Waals surface area contributed by atoms with Gasteiger partial charge in [0.05, 0.1) is 14.2 Å². The third kappa shape index (κ3) is 5.20. The molecule has 7 heteroatoms. The van der Waals surface area contributed by atoms with Crippen LogP contribution in [0.3, 0.4) is 0 Å². The highest BCUT2D eigenvalue weighted by Crippen LogP contribution is 2.13. The number of amides is 1. The van der Waals surface area contributed by atoms with Gasteiger partial charge in [0.1, 0.15) is 29.3 Å². The van der Waals surface area contributed by atoms with Gasteiger partial charge >= 0.3 is 0 Å². The van der Waals surface area contributed by atoms with Crippen molar-refractivity contribution in [2.24, 2.45) is 0 Å². The van der Waals surface area contributed by atoms with Crippen LogP contribution in [0.4, 0.5) is 5.82 Å². The molecule has 0 saturated heterocycles. The van der Waals surface area contributed by atoms with E-state index >= 15 is 0 Å². The highest BCUT2D eigenvalue weighted by atomic mass is 16.5. The van der Waals surface area contributed by atoms with Crippen molar-refractivity contribution in [2.45, 2.75) is 13.1 Å². The molecule has 0 bridgehead atoms. The van der Waals surface area contributed by atoms with Crippen molar-refractivity contribution in [3.8, 4) is 11.5 Å². The Labute approximate surface area is 163 Å². The van der Waals surface area contributed by atoms with Crippen LogP contribution in [-0.4, -0.2) is 30.1 Å². The monoisotopic (exact) mass is 378 g/mol. The van der Waals surface area contributed by atoms with E-state index in [4.69, 9.17) is 9.47 Å². The number of anilines is 1. The fraction of sp³-hybridized carbons (Fsp3) is 0.190. The highest BCUT2D eigenvalue weighted by molar-refractivity contribution is 5.92. The summed E-state index contributed by atoms with van der Waals surface area (Å²) in [7, 11) is 3.25. The standard InChI is InChI=1S/C21H22N4O3/c1-27-17-7-3-15(4-8-17)12-22-20-11-19(24-14-25-20)21(26)23-13-16-5-9-18(28-2)10-6-16/h3-11,14H,12-13H2,1-2H3,(H,23,26)(H,22,24,25). The van der Waals surface area contributed by atoms with E-state index in [9.17, 15) is 4.79 Å². The highest BCUT2D eigenvalue weighted by Gasteiger charge is 2.09. The van der Waals surface area contributed by atoms with E-state index in [1.165, 1.54) is 6.33 Å². The molecule has 3 rings (SSSR count). The molecule has 0 fully saturated rings. The van der Waals surface area contributed by atoms with E-state index in [-0.39, 0.29) is 5.91 Å². The number of methoxy groups -OCH3 is 2. The number of benzene rings is 2. The van der Waals surface area contributed by atoms with Crippen molar-refractivity contribution < 1.29 is 14.3 Å². The van der Waals surface area contributed by atoms with Gasteiger partial charge < -0.3 is 20.1 Å². The number of nitrogens with zero attached hydrogens (tertiary/aromatic N) is 2. The minimum atomic E-state index is -0.259. The van der Waals surface area contributed by atoms with Crippen molar-refractivity contribution in [3.05, 3.63) is 77.7 Å². The Morgan fingerprint density at radius 3 is 2.00 bits per heavy atom. The lowest BCUT2D eigenvalue weighted by Gasteiger charge is -2.09. The number of aromatic nitrogens is 2. The van der Waals surface area contributed by atoms with Gasteiger partial charge in [-0.1, -0.05) is 24.3 Å². The first-order valence-corrected chi connectivity index (χ1v) is 8.78. The van der Waals surface area contributed by atoms with Gasteiger partial charge in [-0.2, -0.15) is 0 Å². The number of rotatable bonds is 8. The molecular weight excluding hydrogens is 356 g/mol. The Morgan fingerprint density at radius 1 is 0.857 bits per heavy atom. The number of hydrogen-bond acceptors (Lipinski definition) is 6. The quantitative estimate of drug-likeness (QED) is 0.627. The molecule has 0 aliphatic rings. The van der Waals surface area contributed by atoms with Crippen molar-refractivity contribution >= 4 is 11.7 Å². The van der Waals surface area contributed by atoms with Gasteiger partial charge in [-0.3, -0.25) is 4.79 Å². The smallest absolute Gasteiger partial charge is 0.270 e. The Morgan fingerprint density at radius 2 is 1.43 bits per heavy atom. The third-order valence-corrected chi connectivity index (χ3v) is 4.14. The number of ether oxygens (including phenoxy) is 2. The first kappa shape index (κ1) is 19.2. The van der Waals surface area contributed by atoms with Crippen LogP contribution in [0, 0.1) is 0 Å². The summed E-state index contributed by atoms with van der Waals surface area (Å²) < 4.78 is 10.3. The Kier molecular flexibility index (Phi) is 6.41. The molecular formula is C21H22N4O3. The predicted molar refractivity (Wildman–Crippen MR) is 107 cm³/mol. The Balaban J connectivity index is 1.55. The lowest BCUT2D eigenvalue weighted by atomic mass is 10.2. The number of hydrogen-bond donors (Lipinski definition) is 2. The molecule has 7 nitrogen and oxygen atoms in total. The van der Waals surface area contributed by atoms with Crippen molar-refractivity contribution in [2.75, 3.05) is 19.5 Å². The molecule has 0 aliphatic heterocycles. The minimum absolute atomic E-state index is 0.259. The van der Waals surface area contributed by atoms with E-state index < -0.39 is 0 Å². The molecule has 1 aromatic heterocycles. The van der Waals surface area contributed by atoms with Gasteiger partial charge in [0, 0.05) is 19.2 Å². The summed E-state index contributed by atoms with van der Waals surface area (Å²) in [5, 5.41) is 6.05. The number of nitrogens with one attached hydrogen (secondary N) is 2. The van der Waals surface area contributed by atoms with Crippen LogP contribution in [0.5, 0.6) is 11.5 Å². The molecule has 1 amide bonds. The maximum Gasteiger partial charge on any atom is 0.270 e. The SMILES string of the molecule is COc1ccc(CNC(=O)c2cc(NCc3ccc(OC)cc3)ncn2)cc1. The molecule has 3 aromatic rings. The zero-order valence-corrected chi connectivity index (χ0v) is 15.8. The minimum Gasteiger partial charge on any atom is -0.497 e. The molecule has 1 heterocycles. The van der Waals surface area contributed by atoms with E-state index in [1.54, 1.807) is 20.3 Å². The van der Waals surface area contributed by atoms with Crippen LogP contribution in [0.25, 0.3) is 0 Å². The fourth-order valence-electron chi connectivity index (χ4n) is 2.53. The summed E-state index contributed by atoms with van der Waals surface area (Å²) in [4.78, 5) is 20.6. The van der Waals surface area contributed by atoms with Crippen LogP contribution >= 0.6 is 0 Å². The second kappa shape index (κ2) is 9.36. The van der Waals surface area contributed by atoms with E-state index in [0.717, 1.165) is 22.6 Å². The Bertz CT molecular complexity index is 912. The largest absolute Gasteiger partial charge is 0.497 e. The van der Waals surface area contributed by atoms with E-state index in [2.05, 4.69) is 20.6 Å². The van der Waals surface area contributed by atoms with E-state index in [1.807, 2.05) is 48.5 Å². The normalized spacial score (nSPS) is 10.2. The lowest BCUT2D eigenvalue weighted by molar-refractivity contribution is 0.0946. The molecule has 0 atom stereocenters. The van der Waals surface area contributed by atoms with Crippen LogP contribution < -0.4 is 20.1 Å². The Hall–Kier alpha value is -3.61. The van der Waals surface area contributed by atoms with Gasteiger partial charge in [0.25, 0.3) is 5.91 Å². The average molecular weight is 378 g/mol. The second-order valence-electron chi connectivity index (χ2n) is 6.02. The zero-order chi connectivity index (χ0) is 19.8. The summed E-state index contributed by atoms with van der Waals surface area (Å²) in [5.74, 6) is 1.91. The maximum absolute atomic E-state index is 12.4. The summed E-state index contributed by atoms with van der Waals surface area (Å²) >= 11 is 0. The van der Waals surface area contributed by atoms with Gasteiger partial charge in [-0.15, -0.1) is 0 Å². The molecule has 0 aliphatic carbocycles. The molecule has 2 N–H and O–H groups in total. The molecule has 28 heavy (non-hydrogen) atoms. The average Bonchev–Trinajstić information content (AvgIpc) is 2.77. The van der Waals surface area contributed by atoms with Crippen molar-refractivity contribution in [1.82, 2.24) is 15.3 Å². The first-order valence-electron chi connectivity index (χ1n) is 8.78.